The summed E-state index contributed by atoms with van der Waals surface area (Å²) in [5, 5.41) is 22.6. The van der Waals surface area contributed by atoms with Crippen molar-refractivity contribution in [1.82, 2.24) is 5.32 Å². The minimum atomic E-state index is -0.828. The molecular weight excluding hydrogens is 270 g/mol. The fourth-order valence-electron chi connectivity index (χ4n) is 1.47. The number of aryl methyl sites for hydroxylation is 1. The highest BCUT2D eigenvalue weighted by Gasteiger charge is 2.18. The summed E-state index contributed by atoms with van der Waals surface area (Å²) in [4.78, 5) is 0. The van der Waals surface area contributed by atoms with Crippen molar-refractivity contribution < 1.29 is 10.2 Å². The van der Waals surface area contributed by atoms with Crippen LogP contribution in [0, 0.1) is 6.92 Å². The zero-order chi connectivity index (χ0) is 12.1. The number of hydrogen-bond donors (Lipinski definition) is 3. The molecule has 1 aromatic rings. The molecular formula is C12H18BrNO2. The lowest BCUT2D eigenvalue weighted by Crippen LogP contribution is -2.23. The van der Waals surface area contributed by atoms with Crippen molar-refractivity contribution in [2.45, 2.75) is 25.6 Å². The standard InChI is InChI=1S/C12H18BrNO2/c1-8-3-4-9(7-10(8)13)12(16)11(15)5-6-14-2/h3-4,7,11-12,14-16H,5-6H2,1-2H3. The van der Waals surface area contributed by atoms with Crippen LogP contribution in [0.5, 0.6) is 0 Å². The highest BCUT2D eigenvalue weighted by Crippen LogP contribution is 2.24. The summed E-state index contributed by atoms with van der Waals surface area (Å²) in [6, 6.07) is 5.61. The second-order valence-corrected chi connectivity index (χ2v) is 4.77. The summed E-state index contributed by atoms with van der Waals surface area (Å²) >= 11 is 3.41. The van der Waals surface area contributed by atoms with Crippen molar-refractivity contribution in [3.63, 3.8) is 0 Å². The highest BCUT2D eigenvalue weighted by molar-refractivity contribution is 9.10. The molecule has 16 heavy (non-hydrogen) atoms. The van der Waals surface area contributed by atoms with Crippen LogP contribution >= 0.6 is 15.9 Å². The molecule has 4 heteroatoms. The minimum Gasteiger partial charge on any atom is -0.390 e. The number of aliphatic hydroxyl groups is 2. The van der Waals surface area contributed by atoms with Gasteiger partial charge in [-0.05, 0) is 44.1 Å². The fraction of sp³-hybridized carbons (Fsp3) is 0.500. The van der Waals surface area contributed by atoms with E-state index >= 15 is 0 Å². The molecule has 0 saturated carbocycles. The Morgan fingerprint density at radius 1 is 1.38 bits per heavy atom. The lowest BCUT2D eigenvalue weighted by atomic mass is 10.0. The van der Waals surface area contributed by atoms with Crippen LogP contribution in [0.15, 0.2) is 22.7 Å². The maximum atomic E-state index is 9.93. The van der Waals surface area contributed by atoms with Gasteiger partial charge in [0, 0.05) is 4.47 Å². The van der Waals surface area contributed by atoms with Crippen LogP contribution in [-0.4, -0.2) is 29.9 Å². The minimum absolute atomic E-state index is 0.531. The van der Waals surface area contributed by atoms with Crippen molar-refractivity contribution in [2.24, 2.45) is 0 Å². The molecule has 0 aromatic heterocycles. The van der Waals surface area contributed by atoms with Crippen molar-refractivity contribution in [3.05, 3.63) is 33.8 Å². The van der Waals surface area contributed by atoms with Crippen molar-refractivity contribution in [2.75, 3.05) is 13.6 Å². The van der Waals surface area contributed by atoms with E-state index in [-0.39, 0.29) is 0 Å². The van der Waals surface area contributed by atoms with E-state index in [1.54, 1.807) is 0 Å². The first-order valence-electron chi connectivity index (χ1n) is 5.33. The van der Waals surface area contributed by atoms with Crippen molar-refractivity contribution in [3.8, 4) is 0 Å². The summed E-state index contributed by atoms with van der Waals surface area (Å²) in [7, 11) is 1.82. The summed E-state index contributed by atoms with van der Waals surface area (Å²) in [6.45, 7) is 2.67. The third kappa shape index (κ3) is 3.56. The molecule has 0 bridgehead atoms. The largest absolute Gasteiger partial charge is 0.390 e. The molecule has 0 amide bonds. The van der Waals surface area contributed by atoms with Crippen LogP contribution in [0.25, 0.3) is 0 Å². The highest BCUT2D eigenvalue weighted by atomic mass is 79.9. The number of nitrogens with one attached hydrogen (secondary N) is 1. The van der Waals surface area contributed by atoms with E-state index in [1.165, 1.54) is 0 Å². The molecule has 1 aromatic carbocycles. The Morgan fingerprint density at radius 3 is 2.62 bits per heavy atom. The Hall–Kier alpha value is -0.420. The van der Waals surface area contributed by atoms with Gasteiger partial charge in [-0.25, -0.2) is 0 Å². The Balaban J connectivity index is 2.71. The van der Waals surface area contributed by atoms with E-state index in [9.17, 15) is 10.2 Å². The van der Waals surface area contributed by atoms with Gasteiger partial charge in [0.1, 0.15) is 6.10 Å². The maximum absolute atomic E-state index is 9.93. The predicted molar refractivity (Wildman–Crippen MR) is 68.4 cm³/mol. The molecule has 2 atom stereocenters. The van der Waals surface area contributed by atoms with E-state index in [0.29, 0.717) is 13.0 Å². The molecule has 0 aliphatic heterocycles. The molecule has 90 valence electrons. The Kier molecular flexibility index (Phi) is 5.41. The lowest BCUT2D eigenvalue weighted by molar-refractivity contribution is 0.0140. The first-order valence-corrected chi connectivity index (χ1v) is 6.12. The average Bonchev–Trinajstić information content (AvgIpc) is 2.28. The van der Waals surface area contributed by atoms with Gasteiger partial charge in [0.2, 0.25) is 0 Å². The van der Waals surface area contributed by atoms with E-state index in [0.717, 1.165) is 15.6 Å². The Morgan fingerprint density at radius 2 is 2.06 bits per heavy atom. The Labute approximate surface area is 105 Å². The first-order chi connectivity index (χ1) is 7.56. The molecule has 0 spiro atoms. The molecule has 0 aliphatic carbocycles. The van der Waals surface area contributed by atoms with Crippen molar-refractivity contribution >= 4 is 15.9 Å². The molecule has 2 unspecified atom stereocenters. The number of benzene rings is 1. The predicted octanol–water partition coefficient (Wildman–Crippen LogP) is 1.76. The van der Waals surface area contributed by atoms with Crippen LogP contribution in [0.1, 0.15) is 23.7 Å². The van der Waals surface area contributed by atoms with Gasteiger partial charge in [-0.3, -0.25) is 0 Å². The van der Waals surface area contributed by atoms with Crippen LogP contribution in [0.2, 0.25) is 0 Å². The third-order valence-corrected chi connectivity index (χ3v) is 3.45. The van der Waals surface area contributed by atoms with Crippen LogP contribution in [0.3, 0.4) is 0 Å². The zero-order valence-corrected chi connectivity index (χ0v) is 11.2. The van der Waals surface area contributed by atoms with Crippen LogP contribution in [-0.2, 0) is 0 Å². The van der Waals surface area contributed by atoms with E-state index in [2.05, 4.69) is 21.2 Å². The van der Waals surface area contributed by atoms with E-state index in [1.807, 2.05) is 32.2 Å². The monoisotopic (exact) mass is 287 g/mol. The average molecular weight is 288 g/mol. The molecule has 0 heterocycles. The van der Waals surface area contributed by atoms with Gasteiger partial charge in [-0.1, -0.05) is 28.1 Å². The lowest BCUT2D eigenvalue weighted by Gasteiger charge is -2.18. The molecule has 3 nitrogen and oxygen atoms in total. The van der Waals surface area contributed by atoms with Crippen molar-refractivity contribution in [1.29, 1.82) is 0 Å². The van der Waals surface area contributed by atoms with Gasteiger partial charge in [-0.15, -0.1) is 0 Å². The second-order valence-electron chi connectivity index (χ2n) is 3.91. The van der Waals surface area contributed by atoms with Gasteiger partial charge >= 0.3 is 0 Å². The van der Waals surface area contributed by atoms with Gasteiger partial charge in [0.15, 0.2) is 0 Å². The third-order valence-electron chi connectivity index (χ3n) is 2.59. The molecule has 3 N–H and O–H groups in total. The van der Waals surface area contributed by atoms with E-state index < -0.39 is 12.2 Å². The SMILES string of the molecule is CNCCC(O)C(O)c1ccc(C)c(Br)c1. The number of halogens is 1. The quantitative estimate of drug-likeness (QED) is 0.774. The van der Waals surface area contributed by atoms with Crippen LogP contribution in [0.4, 0.5) is 0 Å². The van der Waals surface area contributed by atoms with E-state index in [4.69, 9.17) is 0 Å². The molecule has 0 radical (unpaired) electrons. The smallest absolute Gasteiger partial charge is 0.105 e. The topological polar surface area (TPSA) is 52.5 Å². The van der Waals surface area contributed by atoms with Gasteiger partial charge < -0.3 is 15.5 Å². The number of aliphatic hydroxyl groups excluding tert-OH is 2. The zero-order valence-electron chi connectivity index (χ0n) is 9.57. The molecule has 0 aliphatic rings. The summed E-state index contributed by atoms with van der Waals surface area (Å²) in [6.07, 6.45) is -1.03. The molecule has 1 rings (SSSR count). The molecule has 0 saturated heterocycles. The number of hydrogen-bond acceptors (Lipinski definition) is 3. The molecule has 0 fully saturated rings. The Bertz CT molecular complexity index is 344. The maximum Gasteiger partial charge on any atom is 0.105 e. The van der Waals surface area contributed by atoms with Gasteiger partial charge in [-0.2, -0.15) is 0 Å². The summed E-state index contributed by atoms with van der Waals surface area (Å²) in [5.41, 5.74) is 1.85. The van der Waals surface area contributed by atoms with Crippen LogP contribution < -0.4 is 5.32 Å². The van der Waals surface area contributed by atoms with Gasteiger partial charge in [0.05, 0.1) is 6.10 Å². The van der Waals surface area contributed by atoms with Gasteiger partial charge in [0.25, 0.3) is 0 Å². The summed E-state index contributed by atoms with van der Waals surface area (Å²) in [5.74, 6) is 0. The number of rotatable bonds is 5. The second kappa shape index (κ2) is 6.35. The normalized spacial score (nSPS) is 14.8. The first kappa shape index (κ1) is 13.6. The fourth-order valence-corrected chi connectivity index (χ4v) is 1.86. The summed E-state index contributed by atoms with van der Waals surface area (Å²) < 4.78 is 0.949.